The number of rotatable bonds is 2. The molecular formula is C14H9F6NO. The van der Waals surface area contributed by atoms with Gasteiger partial charge in [-0.1, -0.05) is 18.2 Å². The van der Waals surface area contributed by atoms with Crippen molar-refractivity contribution >= 4 is 0 Å². The summed E-state index contributed by atoms with van der Waals surface area (Å²) < 4.78 is 82.1. The number of pyridine rings is 1. The van der Waals surface area contributed by atoms with E-state index in [1.54, 1.807) is 0 Å². The van der Waals surface area contributed by atoms with Crippen molar-refractivity contribution in [1.29, 1.82) is 0 Å². The second-order valence-corrected chi connectivity index (χ2v) is 4.29. The molecule has 2 rings (SSSR count). The molecule has 0 radical (unpaired) electrons. The fourth-order valence-electron chi connectivity index (χ4n) is 1.92. The first-order valence-electron chi connectivity index (χ1n) is 5.93. The van der Waals surface area contributed by atoms with Crippen molar-refractivity contribution in [3.05, 3.63) is 47.7 Å². The van der Waals surface area contributed by atoms with Gasteiger partial charge < -0.3 is 4.74 Å². The maximum absolute atomic E-state index is 12.9. The van der Waals surface area contributed by atoms with Crippen LogP contribution in [-0.2, 0) is 12.4 Å². The van der Waals surface area contributed by atoms with Gasteiger partial charge in [0.15, 0.2) is 5.69 Å². The minimum absolute atomic E-state index is 0.428. The van der Waals surface area contributed by atoms with Gasteiger partial charge in [0, 0.05) is 5.56 Å². The monoisotopic (exact) mass is 321 g/mol. The van der Waals surface area contributed by atoms with Crippen molar-refractivity contribution in [3.8, 4) is 17.0 Å². The van der Waals surface area contributed by atoms with E-state index >= 15 is 0 Å². The van der Waals surface area contributed by atoms with Crippen LogP contribution in [0.25, 0.3) is 11.3 Å². The number of hydrogen-bond acceptors (Lipinski definition) is 2. The maximum Gasteiger partial charge on any atom is 0.437 e. The highest BCUT2D eigenvalue weighted by molar-refractivity contribution is 5.65. The molecule has 0 amide bonds. The van der Waals surface area contributed by atoms with Gasteiger partial charge in [-0.25, -0.2) is 4.98 Å². The molecule has 0 atom stereocenters. The average molecular weight is 321 g/mol. The molecule has 0 aliphatic carbocycles. The smallest absolute Gasteiger partial charge is 0.437 e. The molecule has 22 heavy (non-hydrogen) atoms. The number of nitrogens with zero attached hydrogens (tertiary/aromatic N) is 1. The third-order valence-corrected chi connectivity index (χ3v) is 2.86. The quantitative estimate of drug-likeness (QED) is 0.742. The molecule has 1 heterocycles. The fourth-order valence-corrected chi connectivity index (χ4v) is 1.92. The van der Waals surface area contributed by atoms with E-state index in [9.17, 15) is 26.3 Å². The average Bonchev–Trinajstić information content (AvgIpc) is 2.45. The summed E-state index contributed by atoms with van der Waals surface area (Å²) in [5.74, 6) is -0.555. The van der Waals surface area contributed by atoms with E-state index in [-0.39, 0.29) is 0 Å². The molecule has 0 saturated heterocycles. The van der Waals surface area contributed by atoms with Crippen molar-refractivity contribution in [1.82, 2.24) is 4.98 Å². The Balaban J connectivity index is 2.65. The normalized spacial score (nSPS) is 12.3. The lowest BCUT2D eigenvalue weighted by Crippen LogP contribution is -2.12. The molecule has 0 aliphatic rings. The minimum Gasteiger partial charge on any atom is -0.494 e. The van der Waals surface area contributed by atoms with Crippen LogP contribution < -0.4 is 4.74 Å². The summed E-state index contributed by atoms with van der Waals surface area (Å²) in [7, 11) is 1.02. The molecule has 2 aromatic rings. The Morgan fingerprint density at radius 3 is 2.05 bits per heavy atom. The van der Waals surface area contributed by atoms with Crippen LogP contribution in [0, 0.1) is 0 Å². The summed E-state index contributed by atoms with van der Waals surface area (Å²) in [5.41, 5.74) is -3.28. The molecule has 2 nitrogen and oxygen atoms in total. The van der Waals surface area contributed by atoms with Crippen molar-refractivity contribution in [3.63, 3.8) is 0 Å². The van der Waals surface area contributed by atoms with Crippen molar-refractivity contribution in [2.24, 2.45) is 0 Å². The lowest BCUT2D eigenvalue weighted by atomic mass is 10.0. The zero-order valence-electron chi connectivity index (χ0n) is 11.1. The van der Waals surface area contributed by atoms with E-state index in [1.165, 1.54) is 6.07 Å². The SMILES string of the molecule is COc1ccc(-c2ccccc2C(F)(F)F)nc1C(F)(F)F. The summed E-state index contributed by atoms with van der Waals surface area (Å²) >= 11 is 0. The van der Waals surface area contributed by atoms with Gasteiger partial charge in [0.1, 0.15) is 5.75 Å². The van der Waals surface area contributed by atoms with Crippen molar-refractivity contribution < 1.29 is 31.1 Å². The van der Waals surface area contributed by atoms with Gasteiger partial charge >= 0.3 is 12.4 Å². The third-order valence-electron chi connectivity index (χ3n) is 2.86. The molecule has 0 saturated carbocycles. The van der Waals surface area contributed by atoms with Crippen LogP contribution in [0.1, 0.15) is 11.3 Å². The Morgan fingerprint density at radius 2 is 1.50 bits per heavy atom. The Hall–Kier alpha value is -2.25. The summed E-state index contributed by atoms with van der Waals surface area (Å²) in [6, 6.07) is 6.30. The highest BCUT2D eigenvalue weighted by Crippen LogP contribution is 2.39. The number of hydrogen-bond donors (Lipinski definition) is 0. The number of halogens is 6. The Bertz CT molecular complexity index is 678. The van der Waals surface area contributed by atoms with Crippen LogP contribution in [0.4, 0.5) is 26.3 Å². The first-order valence-corrected chi connectivity index (χ1v) is 5.93. The topological polar surface area (TPSA) is 22.1 Å². The Labute approximate surface area is 121 Å². The molecule has 0 N–H and O–H groups in total. The number of aromatic nitrogens is 1. The lowest BCUT2D eigenvalue weighted by Gasteiger charge is -2.15. The van der Waals surface area contributed by atoms with Crippen molar-refractivity contribution in [2.45, 2.75) is 12.4 Å². The second kappa shape index (κ2) is 5.51. The van der Waals surface area contributed by atoms with E-state index < -0.39 is 40.6 Å². The molecule has 8 heteroatoms. The lowest BCUT2D eigenvalue weighted by molar-refractivity contribution is -0.142. The summed E-state index contributed by atoms with van der Waals surface area (Å²) in [6.45, 7) is 0. The van der Waals surface area contributed by atoms with Gasteiger partial charge in [-0.2, -0.15) is 26.3 Å². The molecule has 118 valence electrons. The van der Waals surface area contributed by atoms with Crippen LogP contribution >= 0.6 is 0 Å². The van der Waals surface area contributed by atoms with E-state index in [1.807, 2.05) is 0 Å². The highest BCUT2D eigenvalue weighted by atomic mass is 19.4. The van der Waals surface area contributed by atoms with E-state index in [0.717, 1.165) is 37.4 Å². The minimum atomic E-state index is -4.84. The van der Waals surface area contributed by atoms with Crippen LogP contribution in [-0.4, -0.2) is 12.1 Å². The maximum atomic E-state index is 12.9. The summed E-state index contributed by atoms with van der Waals surface area (Å²) in [6.07, 6.45) is -9.54. The molecule has 0 unspecified atom stereocenters. The predicted molar refractivity (Wildman–Crippen MR) is 66.2 cm³/mol. The van der Waals surface area contributed by atoms with Gasteiger partial charge in [0.05, 0.1) is 18.4 Å². The summed E-state index contributed by atoms with van der Waals surface area (Å²) in [4.78, 5) is 3.31. The zero-order valence-corrected chi connectivity index (χ0v) is 11.1. The van der Waals surface area contributed by atoms with E-state index in [0.29, 0.717) is 0 Å². The third kappa shape index (κ3) is 3.15. The zero-order chi connectivity index (χ0) is 16.5. The van der Waals surface area contributed by atoms with Gasteiger partial charge in [0.25, 0.3) is 0 Å². The molecule has 0 fully saturated rings. The second-order valence-electron chi connectivity index (χ2n) is 4.29. The Kier molecular flexibility index (Phi) is 4.04. The first-order chi connectivity index (χ1) is 10.1. The molecule has 0 bridgehead atoms. The van der Waals surface area contributed by atoms with Gasteiger partial charge in [0.2, 0.25) is 0 Å². The largest absolute Gasteiger partial charge is 0.494 e. The molecular weight excluding hydrogens is 312 g/mol. The van der Waals surface area contributed by atoms with Crippen LogP contribution in [0.15, 0.2) is 36.4 Å². The van der Waals surface area contributed by atoms with E-state index in [2.05, 4.69) is 9.72 Å². The van der Waals surface area contributed by atoms with Crippen LogP contribution in [0.5, 0.6) is 5.75 Å². The van der Waals surface area contributed by atoms with Crippen LogP contribution in [0.2, 0.25) is 0 Å². The van der Waals surface area contributed by atoms with E-state index in [4.69, 9.17) is 0 Å². The number of methoxy groups -OCH3 is 1. The highest BCUT2D eigenvalue weighted by Gasteiger charge is 2.38. The summed E-state index contributed by atoms with van der Waals surface area (Å²) in [5, 5.41) is 0. The van der Waals surface area contributed by atoms with Crippen molar-refractivity contribution in [2.75, 3.05) is 7.11 Å². The molecule has 0 spiro atoms. The van der Waals surface area contributed by atoms with Gasteiger partial charge in [-0.15, -0.1) is 0 Å². The molecule has 1 aromatic carbocycles. The number of alkyl halides is 6. The standard InChI is InChI=1S/C14H9F6NO/c1-22-11-7-6-10(21-12(11)14(18,19)20)8-4-2-3-5-9(8)13(15,16)17/h2-7H,1H3. The predicted octanol–water partition coefficient (Wildman–Crippen LogP) is 4.79. The number of benzene rings is 1. The Morgan fingerprint density at radius 1 is 0.864 bits per heavy atom. The fraction of sp³-hybridized carbons (Fsp3) is 0.214. The van der Waals surface area contributed by atoms with Gasteiger partial charge in [-0.05, 0) is 18.2 Å². The molecule has 0 aliphatic heterocycles. The number of ether oxygens (including phenoxy) is 1. The van der Waals surface area contributed by atoms with Crippen LogP contribution in [0.3, 0.4) is 0 Å². The first kappa shape index (κ1) is 16.1. The molecule has 1 aromatic heterocycles. The van der Waals surface area contributed by atoms with Gasteiger partial charge in [-0.3, -0.25) is 0 Å².